The molecular formula is C19H25NO3. The summed E-state index contributed by atoms with van der Waals surface area (Å²) in [5.74, 6) is -0.311. The number of para-hydroxylation sites is 1. The van der Waals surface area contributed by atoms with Crippen molar-refractivity contribution in [2.75, 3.05) is 6.61 Å². The molecule has 1 atom stereocenters. The van der Waals surface area contributed by atoms with E-state index < -0.39 is 5.97 Å². The molecule has 0 bridgehead atoms. The molecule has 2 aromatic rings. The summed E-state index contributed by atoms with van der Waals surface area (Å²) in [5, 5.41) is 20.0. The second-order valence-electron chi connectivity index (χ2n) is 7.61. The van der Waals surface area contributed by atoms with Crippen molar-refractivity contribution in [1.82, 2.24) is 4.57 Å². The molecule has 0 spiro atoms. The number of aromatic nitrogens is 1. The second kappa shape index (κ2) is 5.68. The fourth-order valence-corrected chi connectivity index (χ4v) is 3.96. The first-order chi connectivity index (χ1) is 10.8. The number of aliphatic hydroxyl groups is 1. The van der Waals surface area contributed by atoms with E-state index in [9.17, 15) is 15.0 Å². The molecule has 0 saturated carbocycles. The minimum Gasteiger partial charge on any atom is -0.478 e. The quantitative estimate of drug-likeness (QED) is 0.911. The van der Waals surface area contributed by atoms with Crippen LogP contribution in [-0.4, -0.2) is 27.4 Å². The first-order valence-corrected chi connectivity index (χ1v) is 8.31. The lowest BCUT2D eigenvalue weighted by Crippen LogP contribution is -2.27. The summed E-state index contributed by atoms with van der Waals surface area (Å²) in [6.45, 7) is 7.30. The Balaban J connectivity index is 2.23. The zero-order chi connectivity index (χ0) is 16.8. The average molecular weight is 315 g/mol. The average Bonchev–Trinajstić information content (AvgIpc) is 2.80. The number of fused-ring (bicyclic) bond motifs is 3. The van der Waals surface area contributed by atoms with E-state index in [4.69, 9.17) is 0 Å². The topological polar surface area (TPSA) is 62.5 Å². The van der Waals surface area contributed by atoms with Gasteiger partial charge in [-0.1, -0.05) is 32.9 Å². The minimum absolute atomic E-state index is 0.0207. The zero-order valence-electron chi connectivity index (χ0n) is 14.1. The number of aliphatic hydroxyl groups excluding tert-OH is 1. The van der Waals surface area contributed by atoms with Crippen molar-refractivity contribution in [2.24, 2.45) is 11.3 Å². The SMILES string of the molecule is CC(C)(C)C1CCc2c(c3cccc(C(=O)O)c3n2CCO)C1. The van der Waals surface area contributed by atoms with Crippen molar-refractivity contribution in [2.45, 2.75) is 46.6 Å². The van der Waals surface area contributed by atoms with Crippen LogP contribution in [0.2, 0.25) is 0 Å². The summed E-state index contributed by atoms with van der Waals surface area (Å²) in [6, 6.07) is 5.51. The van der Waals surface area contributed by atoms with Gasteiger partial charge >= 0.3 is 5.97 Å². The fraction of sp³-hybridized carbons (Fsp3) is 0.526. The highest BCUT2D eigenvalue weighted by molar-refractivity contribution is 6.04. The largest absolute Gasteiger partial charge is 0.478 e. The molecule has 0 saturated heterocycles. The number of carbonyl (C=O) groups is 1. The number of carboxylic acids is 1. The van der Waals surface area contributed by atoms with Crippen LogP contribution in [0.3, 0.4) is 0 Å². The molecule has 1 aromatic heterocycles. The molecule has 1 aromatic carbocycles. The van der Waals surface area contributed by atoms with Crippen LogP contribution in [-0.2, 0) is 19.4 Å². The molecule has 2 N–H and O–H groups in total. The molecule has 4 heteroatoms. The predicted octanol–water partition coefficient (Wildman–Crippen LogP) is 3.48. The van der Waals surface area contributed by atoms with Crippen LogP contribution in [0, 0.1) is 11.3 Å². The molecule has 0 radical (unpaired) electrons. The Kier molecular flexibility index (Phi) is 3.96. The second-order valence-corrected chi connectivity index (χ2v) is 7.61. The predicted molar refractivity (Wildman–Crippen MR) is 91.0 cm³/mol. The maximum atomic E-state index is 11.6. The highest BCUT2D eigenvalue weighted by Gasteiger charge is 2.32. The van der Waals surface area contributed by atoms with Gasteiger partial charge in [0.15, 0.2) is 0 Å². The fourth-order valence-electron chi connectivity index (χ4n) is 3.96. The molecule has 3 rings (SSSR count). The Labute approximate surface area is 136 Å². The number of rotatable bonds is 3. The van der Waals surface area contributed by atoms with E-state index in [1.807, 2.05) is 16.7 Å². The van der Waals surface area contributed by atoms with E-state index in [0.717, 1.165) is 30.2 Å². The van der Waals surface area contributed by atoms with E-state index in [-0.39, 0.29) is 12.0 Å². The van der Waals surface area contributed by atoms with Gasteiger partial charge in [-0.3, -0.25) is 0 Å². The zero-order valence-corrected chi connectivity index (χ0v) is 14.1. The summed E-state index contributed by atoms with van der Waals surface area (Å²) < 4.78 is 2.03. The van der Waals surface area contributed by atoms with Crippen LogP contribution >= 0.6 is 0 Å². The molecule has 1 aliphatic rings. The van der Waals surface area contributed by atoms with E-state index >= 15 is 0 Å². The first-order valence-electron chi connectivity index (χ1n) is 8.31. The third kappa shape index (κ3) is 2.65. The molecule has 4 nitrogen and oxygen atoms in total. The lowest BCUT2D eigenvalue weighted by Gasteiger charge is -2.34. The van der Waals surface area contributed by atoms with Crippen LogP contribution in [0.15, 0.2) is 18.2 Å². The van der Waals surface area contributed by atoms with E-state index in [2.05, 4.69) is 20.8 Å². The summed E-state index contributed by atoms with van der Waals surface area (Å²) in [5.41, 5.74) is 3.84. The summed E-state index contributed by atoms with van der Waals surface area (Å²) in [4.78, 5) is 11.6. The van der Waals surface area contributed by atoms with Crippen LogP contribution in [0.4, 0.5) is 0 Å². The van der Waals surface area contributed by atoms with Crippen molar-refractivity contribution >= 4 is 16.9 Å². The normalized spacial score (nSPS) is 18.2. The number of carboxylic acid groups (broad SMARTS) is 1. The standard InChI is InChI=1S/C19H25NO3/c1-19(2,3)12-7-8-16-15(11-12)13-5-4-6-14(18(22)23)17(13)20(16)9-10-21/h4-6,12,21H,7-11H2,1-3H3,(H,22,23). The maximum absolute atomic E-state index is 11.6. The van der Waals surface area contributed by atoms with Gasteiger partial charge in [-0.15, -0.1) is 0 Å². The van der Waals surface area contributed by atoms with E-state index in [1.165, 1.54) is 11.3 Å². The minimum atomic E-state index is -0.906. The molecular weight excluding hydrogens is 290 g/mol. The van der Waals surface area contributed by atoms with Crippen molar-refractivity contribution < 1.29 is 15.0 Å². The lowest BCUT2D eigenvalue weighted by atomic mass is 9.71. The Bertz CT molecular complexity index is 752. The molecule has 0 amide bonds. The highest BCUT2D eigenvalue weighted by atomic mass is 16.4. The van der Waals surface area contributed by atoms with Crippen molar-refractivity contribution in [1.29, 1.82) is 0 Å². The first kappa shape index (κ1) is 16.1. The van der Waals surface area contributed by atoms with Gasteiger partial charge in [-0.2, -0.15) is 0 Å². The van der Waals surface area contributed by atoms with Gasteiger partial charge in [0.2, 0.25) is 0 Å². The van der Waals surface area contributed by atoms with Gasteiger partial charge in [0.1, 0.15) is 0 Å². The molecule has 1 unspecified atom stereocenters. The molecule has 1 aliphatic carbocycles. The monoisotopic (exact) mass is 315 g/mol. The summed E-state index contributed by atoms with van der Waals surface area (Å²) in [7, 11) is 0. The summed E-state index contributed by atoms with van der Waals surface area (Å²) in [6.07, 6.45) is 3.04. The van der Waals surface area contributed by atoms with Crippen molar-refractivity contribution in [3.63, 3.8) is 0 Å². The number of benzene rings is 1. The molecule has 1 heterocycles. The van der Waals surface area contributed by atoms with Gasteiger partial charge in [0.05, 0.1) is 17.7 Å². The van der Waals surface area contributed by atoms with Crippen LogP contribution in [0.25, 0.3) is 10.9 Å². The number of hydrogen-bond donors (Lipinski definition) is 2. The van der Waals surface area contributed by atoms with Crippen LogP contribution < -0.4 is 0 Å². The van der Waals surface area contributed by atoms with Gasteiger partial charge in [-0.05, 0) is 42.2 Å². The lowest BCUT2D eigenvalue weighted by molar-refractivity contribution is 0.0698. The highest BCUT2D eigenvalue weighted by Crippen LogP contribution is 2.41. The molecule has 0 aliphatic heterocycles. The van der Waals surface area contributed by atoms with Gasteiger partial charge in [0, 0.05) is 17.6 Å². The van der Waals surface area contributed by atoms with Gasteiger partial charge < -0.3 is 14.8 Å². The Morgan fingerprint density at radius 1 is 1.35 bits per heavy atom. The molecule has 0 fully saturated rings. The van der Waals surface area contributed by atoms with Crippen LogP contribution in [0.5, 0.6) is 0 Å². The Morgan fingerprint density at radius 2 is 2.09 bits per heavy atom. The van der Waals surface area contributed by atoms with Crippen molar-refractivity contribution in [3.05, 3.63) is 35.0 Å². The number of aromatic carboxylic acids is 1. The molecule has 124 valence electrons. The van der Waals surface area contributed by atoms with Gasteiger partial charge in [-0.25, -0.2) is 4.79 Å². The van der Waals surface area contributed by atoms with Crippen LogP contribution in [0.1, 0.15) is 48.8 Å². The Hall–Kier alpha value is -1.81. The third-order valence-electron chi connectivity index (χ3n) is 5.26. The van der Waals surface area contributed by atoms with Gasteiger partial charge in [0.25, 0.3) is 0 Å². The summed E-state index contributed by atoms with van der Waals surface area (Å²) >= 11 is 0. The Morgan fingerprint density at radius 3 is 2.70 bits per heavy atom. The maximum Gasteiger partial charge on any atom is 0.337 e. The molecule has 23 heavy (non-hydrogen) atoms. The van der Waals surface area contributed by atoms with E-state index in [1.54, 1.807) is 6.07 Å². The smallest absolute Gasteiger partial charge is 0.337 e. The number of nitrogens with zero attached hydrogens (tertiary/aromatic N) is 1. The third-order valence-corrected chi connectivity index (χ3v) is 5.26. The van der Waals surface area contributed by atoms with Crippen molar-refractivity contribution in [3.8, 4) is 0 Å². The number of hydrogen-bond acceptors (Lipinski definition) is 2. The van der Waals surface area contributed by atoms with E-state index in [0.29, 0.717) is 18.0 Å².